The molecule has 1 aliphatic carbocycles. The third kappa shape index (κ3) is 2.25. The van der Waals surface area contributed by atoms with Crippen molar-refractivity contribution in [3.05, 3.63) is 0 Å². The van der Waals surface area contributed by atoms with E-state index in [2.05, 4.69) is 5.32 Å². The quantitative estimate of drug-likeness (QED) is 0.656. The Bertz CT molecular complexity index is 208. The summed E-state index contributed by atoms with van der Waals surface area (Å²) in [6.45, 7) is 2.29. The molecule has 1 aliphatic heterocycles. The van der Waals surface area contributed by atoms with Crippen molar-refractivity contribution in [1.29, 1.82) is 0 Å². The summed E-state index contributed by atoms with van der Waals surface area (Å²) in [4.78, 5) is 13.5. The van der Waals surface area contributed by atoms with Gasteiger partial charge in [0.2, 0.25) is 5.91 Å². The highest BCUT2D eigenvalue weighted by Gasteiger charge is 2.27. The molecule has 0 aromatic carbocycles. The van der Waals surface area contributed by atoms with Crippen molar-refractivity contribution in [2.45, 2.75) is 37.8 Å². The maximum absolute atomic E-state index is 11.6. The second-order valence-corrected chi connectivity index (χ2v) is 4.29. The number of carbonyl (C=O) groups is 1. The third-order valence-electron chi connectivity index (χ3n) is 3.11. The highest BCUT2D eigenvalue weighted by Crippen LogP contribution is 2.19. The zero-order valence-corrected chi connectivity index (χ0v) is 8.41. The molecule has 2 fully saturated rings. The standard InChI is InChI=1S/C10H18N2O2/c13-9-5-8(6-9)11-7-10(14)12-3-1-2-4-12/h8-9,11,13H,1-7H2. The van der Waals surface area contributed by atoms with Crippen LogP contribution >= 0.6 is 0 Å². The number of likely N-dealkylation sites (tertiary alicyclic amines) is 1. The molecule has 0 aromatic heterocycles. The molecular formula is C10H18N2O2. The van der Waals surface area contributed by atoms with E-state index in [1.54, 1.807) is 0 Å². The third-order valence-corrected chi connectivity index (χ3v) is 3.11. The molecule has 1 saturated heterocycles. The van der Waals surface area contributed by atoms with Gasteiger partial charge < -0.3 is 15.3 Å². The minimum atomic E-state index is -0.144. The van der Waals surface area contributed by atoms with Crippen LogP contribution in [0.4, 0.5) is 0 Å². The molecule has 1 amide bonds. The smallest absolute Gasteiger partial charge is 0.236 e. The van der Waals surface area contributed by atoms with E-state index in [0.717, 1.165) is 38.8 Å². The Morgan fingerprint density at radius 1 is 1.36 bits per heavy atom. The van der Waals surface area contributed by atoms with Gasteiger partial charge >= 0.3 is 0 Å². The Morgan fingerprint density at radius 2 is 2.00 bits per heavy atom. The molecule has 2 aliphatic rings. The van der Waals surface area contributed by atoms with Crippen molar-refractivity contribution in [2.75, 3.05) is 19.6 Å². The van der Waals surface area contributed by atoms with Crippen molar-refractivity contribution in [1.82, 2.24) is 10.2 Å². The van der Waals surface area contributed by atoms with Crippen LogP contribution < -0.4 is 5.32 Å². The van der Waals surface area contributed by atoms with Crippen LogP contribution in [0.1, 0.15) is 25.7 Å². The van der Waals surface area contributed by atoms with E-state index in [-0.39, 0.29) is 12.0 Å². The number of hydrogen-bond acceptors (Lipinski definition) is 3. The van der Waals surface area contributed by atoms with Gasteiger partial charge in [-0.25, -0.2) is 0 Å². The Hall–Kier alpha value is -0.610. The fourth-order valence-electron chi connectivity index (χ4n) is 2.06. The monoisotopic (exact) mass is 198 g/mol. The molecule has 0 radical (unpaired) electrons. The first kappa shape index (κ1) is 9.93. The normalized spacial score (nSPS) is 31.6. The molecule has 1 heterocycles. The number of nitrogens with one attached hydrogen (secondary N) is 1. The number of amides is 1. The van der Waals surface area contributed by atoms with E-state index in [0.29, 0.717) is 12.6 Å². The molecule has 0 spiro atoms. The lowest BCUT2D eigenvalue weighted by Crippen LogP contribution is -2.48. The number of aliphatic hydroxyl groups is 1. The summed E-state index contributed by atoms with van der Waals surface area (Å²) in [6, 6.07) is 0.358. The maximum atomic E-state index is 11.6. The summed E-state index contributed by atoms with van der Waals surface area (Å²) in [6.07, 6.45) is 3.75. The second-order valence-electron chi connectivity index (χ2n) is 4.29. The number of carbonyl (C=O) groups excluding carboxylic acids is 1. The summed E-state index contributed by atoms with van der Waals surface area (Å²) in [7, 11) is 0. The lowest BCUT2D eigenvalue weighted by molar-refractivity contribution is -0.129. The van der Waals surface area contributed by atoms with Gasteiger partial charge in [0.25, 0.3) is 0 Å². The first-order valence-corrected chi connectivity index (χ1v) is 5.45. The average Bonchev–Trinajstić information content (AvgIpc) is 2.62. The fraction of sp³-hybridized carbons (Fsp3) is 0.900. The van der Waals surface area contributed by atoms with Crippen LogP contribution in [0.3, 0.4) is 0 Å². The van der Waals surface area contributed by atoms with Crippen molar-refractivity contribution < 1.29 is 9.90 Å². The SMILES string of the molecule is O=C(CNC1CC(O)C1)N1CCCC1. The van der Waals surface area contributed by atoms with E-state index in [4.69, 9.17) is 5.11 Å². The molecule has 4 heteroatoms. The summed E-state index contributed by atoms with van der Waals surface area (Å²) >= 11 is 0. The van der Waals surface area contributed by atoms with Crippen LogP contribution in [0.25, 0.3) is 0 Å². The highest BCUT2D eigenvalue weighted by atomic mass is 16.3. The van der Waals surface area contributed by atoms with Gasteiger partial charge in [-0.15, -0.1) is 0 Å². The number of nitrogens with zero attached hydrogens (tertiary/aromatic N) is 1. The lowest BCUT2D eigenvalue weighted by Gasteiger charge is -2.32. The van der Waals surface area contributed by atoms with Crippen molar-refractivity contribution in [3.63, 3.8) is 0 Å². The molecular weight excluding hydrogens is 180 g/mol. The topological polar surface area (TPSA) is 52.6 Å². The second kappa shape index (κ2) is 4.28. The summed E-state index contributed by atoms with van der Waals surface area (Å²) < 4.78 is 0. The summed E-state index contributed by atoms with van der Waals surface area (Å²) in [5, 5.41) is 12.2. The number of rotatable bonds is 3. The Labute approximate surface area is 84.3 Å². The molecule has 80 valence electrons. The van der Waals surface area contributed by atoms with Gasteiger partial charge in [0.05, 0.1) is 12.6 Å². The van der Waals surface area contributed by atoms with Crippen LogP contribution in [0.5, 0.6) is 0 Å². The van der Waals surface area contributed by atoms with Crippen LogP contribution in [0.2, 0.25) is 0 Å². The fourth-order valence-corrected chi connectivity index (χ4v) is 2.06. The van der Waals surface area contributed by atoms with Gasteiger partial charge in [0.1, 0.15) is 0 Å². The average molecular weight is 198 g/mol. The molecule has 0 atom stereocenters. The van der Waals surface area contributed by atoms with Crippen LogP contribution in [0.15, 0.2) is 0 Å². The van der Waals surface area contributed by atoms with Gasteiger partial charge in [-0.2, -0.15) is 0 Å². The molecule has 2 N–H and O–H groups in total. The Balaban J connectivity index is 1.62. The zero-order valence-electron chi connectivity index (χ0n) is 8.41. The summed E-state index contributed by atoms with van der Waals surface area (Å²) in [5.41, 5.74) is 0. The maximum Gasteiger partial charge on any atom is 0.236 e. The van der Waals surface area contributed by atoms with Crippen LogP contribution in [-0.4, -0.2) is 47.7 Å². The van der Waals surface area contributed by atoms with Gasteiger partial charge in [-0.05, 0) is 25.7 Å². The largest absolute Gasteiger partial charge is 0.393 e. The van der Waals surface area contributed by atoms with Crippen molar-refractivity contribution >= 4 is 5.91 Å². The zero-order chi connectivity index (χ0) is 9.97. The molecule has 0 unspecified atom stereocenters. The predicted octanol–water partition coefficient (Wildman–Crippen LogP) is -0.278. The molecule has 2 rings (SSSR count). The minimum Gasteiger partial charge on any atom is -0.393 e. The van der Waals surface area contributed by atoms with Crippen molar-refractivity contribution in [2.24, 2.45) is 0 Å². The van der Waals surface area contributed by atoms with Gasteiger partial charge in [0.15, 0.2) is 0 Å². The van der Waals surface area contributed by atoms with Crippen molar-refractivity contribution in [3.8, 4) is 0 Å². The van der Waals surface area contributed by atoms with E-state index in [1.807, 2.05) is 4.90 Å². The van der Waals surface area contributed by atoms with E-state index in [1.165, 1.54) is 0 Å². The van der Waals surface area contributed by atoms with Crippen LogP contribution in [-0.2, 0) is 4.79 Å². The number of aliphatic hydroxyl groups excluding tert-OH is 1. The van der Waals surface area contributed by atoms with E-state index < -0.39 is 0 Å². The lowest BCUT2D eigenvalue weighted by atomic mass is 9.89. The van der Waals surface area contributed by atoms with Crippen LogP contribution in [0, 0.1) is 0 Å². The predicted molar refractivity (Wildman–Crippen MR) is 52.8 cm³/mol. The molecule has 0 bridgehead atoms. The summed E-state index contributed by atoms with van der Waals surface area (Å²) in [5.74, 6) is 0.212. The van der Waals surface area contributed by atoms with E-state index >= 15 is 0 Å². The van der Waals surface area contributed by atoms with Gasteiger partial charge in [-0.3, -0.25) is 4.79 Å². The first-order chi connectivity index (χ1) is 6.75. The highest BCUT2D eigenvalue weighted by molar-refractivity contribution is 5.78. The Morgan fingerprint density at radius 3 is 2.57 bits per heavy atom. The first-order valence-electron chi connectivity index (χ1n) is 5.45. The van der Waals surface area contributed by atoms with E-state index in [9.17, 15) is 4.79 Å². The molecule has 4 nitrogen and oxygen atoms in total. The number of hydrogen-bond donors (Lipinski definition) is 2. The minimum absolute atomic E-state index is 0.144. The molecule has 14 heavy (non-hydrogen) atoms. The van der Waals surface area contributed by atoms with Gasteiger partial charge in [0, 0.05) is 19.1 Å². The molecule has 0 aromatic rings. The molecule has 1 saturated carbocycles. The Kier molecular flexibility index (Phi) is 3.03. The van der Waals surface area contributed by atoms with Gasteiger partial charge in [-0.1, -0.05) is 0 Å².